The van der Waals surface area contributed by atoms with Crippen molar-refractivity contribution in [2.45, 2.75) is 44.8 Å². The average Bonchev–Trinajstić information content (AvgIpc) is 3.10. The summed E-state index contributed by atoms with van der Waals surface area (Å²) in [5, 5.41) is 14.7. The number of aromatic nitrogens is 2. The Labute approximate surface area is 184 Å². The quantitative estimate of drug-likeness (QED) is 0.604. The van der Waals surface area contributed by atoms with Gasteiger partial charge in [-0.3, -0.25) is 4.68 Å². The molecule has 0 amide bonds. The van der Waals surface area contributed by atoms with E-state index in [1.54, 1.807) is 12.1 Å². The Hall–Kier alpha value is -2.47. The Balaban J connectivity index is 0.000000451. The number of carbonyl (C=O) groups is 1. The van der Waals surface area contributed by atoms with Crippen molar-refractivity contribution in [1.82, 2.24) is 15.1 Å². The summed E-state index contributed by atoms with van der Waals surface area (Å²) in [6.07, 6.45) is -4.78. The number of hydrogen-bond donors (Lipinski definition) is 2. The number of piperidine rings is 1. The predicted molar refractivity (Wildman–Crippen MR) is 104 cm³/mol. The van der Waals surface area contributed by atoms with Gasteiger partial charge in [-0.25, -0.2) is 4.79 Å². The maximum atomic E-state index is 12.6. The van der Waals surface area contributed by atoms with Crippen molar-refractivity contribution in [1.29, 1.82) is 0 Å². The molecule has 0 aliphatic carbocycles. The fraction of sp³-hybridized carbons (Fsp3) is 0.474. The number of halogens is 7. The Morgan fingerprint density at radius 3 is 2.38 bits per heavy atom. The molecule has 2 aromatic rings. The van der Waals surface area contributed by atoms with E-state index in [2.05, 4.69) is 10.4 Å². The lowest BCUT2D eigenvalue weighted by Crippen LogP contribution is -2.34. The fourth-order valence-corrected chi connectivity index (χ4v) is 3.23. The Bertz CT molecular complexity index is 924. The number of nitrogens with one attached hydrogen (secondary N) is 1. The van der Waals surface area contributed by atoms with Gasteiger partial charge in [-0.2, -0.15) is 31.4 Å². The normalized spacial score (nSPS) is 15.1. The number of hydrogen-bond acceptors (Lipinski definition) is 4. The molecule has 1 aromatic carbocycles. The molecule has 2 heterocycles. The number of carboxylic acid groups (broad SMARTS) is 1. The molecule has 0 bridgehead atoms. The third-order valence-electron chi connectivity index (χ3n) is 4.34. The van der Waals surface area contributed by atoms with E-state index >= 15 is 0 Å². The van der Waals surface area contributed by atoms with E-state index < -0.39 is 24.9 Å². The number of alkyl halides is 6. The molecule has 13 heteroatoms. The molecule has 1 aliphatic rings. The van der Waals surface area contributed by atoms with Crippen molar-refractivity contribution in [3.05, 3.63) is 35.1 Å². The molecule has 0 saturated carbocycles. The molecule has 0 radical (unpaired) electrons. The zero-order valence-corrected chi connectivity index (χ0v) is 17.5. The first-order chi connectivity index (χ1) is 14.8. The van der Waals surface area contributed by atoms with Crippen LogP contribution >= 0.6 is 11.6 Å². The van der Waals surface area contributed by atoms with Crippen molar-refractivity contribution >= 4 is 17.6 Å². The van der Waals surface area contributed by atoms with Crippen molar-refractivity contribution in [3.8, 4) is 16.9 Å². The van der Waals surface area contributed by atoms with Gasteiger partial charge in [-0.1, -0.05) is 11.6 Å². The lowest BCUT2D eigenvalue weighted by atomic mass is 10.0. The number of ether oxygens (including phenoxy) is 1. The van der Waals surface area contributed by atoms with Crippen LogP contribution in [0.5, 0.6) is 5.75 Å². The van der Waals surface area contributed by atoms with Crippen LogP contribution in [0.15, 0.2) is 24.5 Å². The number of aryl methyl sites for hydroxylation is 1. The van der Waals surface area contributed by atoms with Crippen LogP contribution in [-0.4, -0.2) is 52.4 Å². The number of rotatable bonds is 4. The summed E-state index contributed by atoms with van der Waals surface area (Å²) >= 11 is 6.16. The van der Waals surface area contributed by atoms with Crippen LogP contribution in [0, 0.1) is 6.92 Å². The van der Waals surface area contributed by atoms with Gasteiger partial charge in [-0.05, 0) is 50.6 Å². The van der Waals surface area contributed by atoms with Crippen LogP contribution in [0.1, 0.15) is 18.4 Å². The van der Waals surface area contributed by atoms with Gasteiger partial charge in [0.05, 0.1) is 6.20 Å². The van der Waals surface area contributed by atoms with Gasteiger partial charge in [0.25, 0.3) is 0 Å². The van der Waals surface area contributed by atoms with E-state index in [0.29, 0.717) is 21.9 Å². The minimum atomic E-state index is -5.08. The molecule has 1 saturated heterocycles. The second kappa shape index (κ2) is 10.4. The number of carboxylic acids is 1. The Kier molecular flexibility index (Phi) is 8.41. The van der Waals surface area contributed by atoms with Crippen LogP contribution in [0.3, 0.4) is 0 Å². The molecule has 0 spiro atoms. The van der Waals surface area contributed by atoms with Gasteiger partial charge in [0.2, 0.25) is 0 Å². The second-order valence-electron chi connectivity index (χ2n) is 7.01. The summed E-state index contributed by atoms with van der Waals surface area (Å²) in [4.78, 5) is 8.90. The van der Waals surface area contributed by atoms with E-state index in [-0.39, 0.29) is 6.10 Å². The molecule has 32 heavy (non-hydrogen) atoms. The Morgan fingerprint density at radius 1 is 1.25 bits per heavy atom. The zero-order chi connectivity index (χ0) is 24.1. The molecule has 1 aromatic heterocycles. The third kappa shape index (κ3) is 7.90. The molecule has 1 aliphatic heterocycles. The highest BCUT2D eigenvalue weighted by Crippen LogP contribution is 2.37. The summed E-state index contributed by atoms with van der Waals surface area (Å²) in [5.74, 6) is -2.10. The van der Waals surface area contributed by atoms with Gasteiger partial charge < -0.3 is 15.2 Å². The largest absolute Gasteiger partial charge is 0.490 e. The SMILES string of the molecule is Cc1cc(Cl)cc(-c2cnn(CC(F)(F)F)c2)c1OC1CCNCC1.O=C(O)C(F)(F)F. The summed E-state index contributed by atoms with van der Waals surface area (Å²) in [6, 6.07) is 3.50. The molecule has 0 atom stereocenters. The predicted octanol–water partition coefficient (Wildman–Crippen LogP) is 4.84. The van der Waals surface area contributed by atoms with E-state index in [1.807, 2.05) is 6.92 Å². The summed E-state index contributed by atoms with van der Waals surface area (Å²) < 4.78 is 76.5. The van der Waals surface area contributed by atoms with Crippen LogP contribution in [0.2, 0.25) is 5.02 Å². The van der Waals surface area contributed by atoms with Crippen LogP contribution in [0.25, 0.3) is 11.1 Å². The highest BCUT2D eigenvalue weighted by Gasteiger charge is 2.38. The van der Waals surface area contributed by atoms with Gasteiger partial charge in [0.1, 0.15) is 18.4 Å². The van der Waals surface area contributed by atoms with Crippen LogP contribution in [0.4, 0.5) is 26.3 Å². The van der Waals surface area contributed by atoms with E-state index in [4.69, 9.17) is 26.2 Å². The highest BCUT2D eigenvalue weighted by atomic mass is 35.5. The standard InChI is InChI=1S/C17H19ClF3N3O.C2HF3O2/c1-11-6-13(18)7-15(16(11)25-14-2-4-22-5-3-14)12-8-23-24(9-12)10-17(19,20)21;3-2(4,5)1(6)7/h6-9,14,22H,2-5,10H2,1H3;(H,6,7). The minimum absolute atomic E-state index is 0.0742. The van der Waals surface area contributed by atoms with E-state index in [9.17, 15) is 26.3 Å². The van der Waals surface area contributed by atoms with Crippen molar-refractivity contribution in [3.63, 3.8) is 0 Å². The zero-order valence-electron chi connectivity index (χ0n) is 16.7. The summed E-state index contributed by atoms with van der Waals surface area (Å²) in [6.45, 7) is 2.52. The first kappa shape index (κ1) is 25.8. The lowest BCUT2D eigenvalue weighted by molar-refractivity contribution is -0.192. The van der Waals surface area contributed by atoms with Crippen molar-refractivity contribution in [2.75, 3.05) is 13.1 Å². The molecule has 1 fully saturated rings. The third-order valence-corrected chi connectivity index (χ3v) is 4.56. The topological polar surface area (TPSA) is 76.4 Å². The smallest absolute Gasteiger partial charge is 0.489 e. The monoisotopic (exact) mass is 487 g/mol. The number of nitrogens with zero attached hydrogens (tertiary/aromatic N) is 2. The average molecular weight is 488 g/mol. The number of aliphatic carboxylic acids is 1. The first-order valence-electron chi connectivity index (χ1n) is 9.33. The molecule has 6 nitrogen and oxygen atoms in total. The van der Waals surface area contributed by atoms with Crippen LogP contribution in [-0.2, 0) is 11.3 Å². The summed E-state index contributed by atoms with van der Waals surface area (Å²) in [5.41, 5.74) is 2.07. The minimum Gasteiger partial charge on any atom is -0.489 e. The maximum absolute atomic E-state index is 12.6. The molecular weight excluding hydrogens is 468 g/mol. The molecule has 2 N–H and O–H groups in total. The van der Waals surface area contributed by atoms with Crippen molar-refractivity contribution in [2.24, 2.45) is 0 Å². The lowest BCUT2D eigenvalue weighted by Gasteiger charge is -2.26. The molecule has 0 unspecified atom stereocenters. The van der Waals surface area contributed by atoms with E-state index in [1.165, 1.54) is 12.4 Å². The van der Waals surface area contributed by atoms with Gasteiger partial charge >= 0.3 is 18.3 Å². The molecule has 178 valence electrons. The Morgan fingerprint density at radius 2 is 1.84 bits per heavy atom. The highest BCUT2D eigenvalue weighted by molar-refractivity contribution is 6.31. The van der Waals surface area contributed by atoms with Gasteiger partial charge in [-0.15, -0.1) is 0 Å². The fourth-order valence-electron chi connectivity index (χ4n) is 2.95. The number of benzene rings is 1. The second-order valence-corrected chi connectivity index (χ2v) is 7.45. The van der Waals surface area contributed by atoms with Crippen molar-refractivity contribution < 1.29 is 41.0 Å². The van der Waals surface area contributed by atoms with E-state index in [0.717, 1.165) is 36.2 Å². The van der Waals surface area contributed by atoms with Gasteiger partial charge in [0.15, 0.2) is 0 Å². The summed E-state index contributed by atoms with van der Waals surface area (Å²) in [7, 11) is 0. The van der Waals surface area contributed by atoms with Gasteiger partial charge in [0, 0.05) is 22.3 Å². The van der Waals surface area contributed by atoms with Crippen LogP contribution < -0.4 is 10.1 Å². The molecular formula is C19H20ClF6N3O3. The molecule has 3 rings (SSSR count). The maximum Gasteiger partial charge on any atom is 0.490 e. The first-order valence-corrected chi connectivity index (χ1v) is 9.71.